The summed E-state index contributed by atoms with van der Waals surface area (Å²) < 4.78 is 9.06. The van der Waals surface area contributed by atoms with E-state index in [1.165, 1.54) is 5.56 Å². The van der Waals surface area contributed by atoms with Gasteiger partial charge in [-0.2, -0.15) is 15.5 Å². The summed E-state index contributed by atoms with van der Waals surface area (Å²) in [4.78, 5) is 9.03. The fourth-order valence-corrected chi connectivity index (χ4v) is 4.99. The Balaban J connectivity index is 1.37. The van der Waals surface area contributed by atoms with Gasteiger partial charge in [-0.05, 0) is 37.4 Å². The zero-order chi connectivity index (χ0) is 27.4. The van der Waals surface area contributed by atoms with Gasteiger partial charge in [0.05, 0.1) is 30.6 Å². The summed E-state index contributed by atoms with van der Waals surface area (Å²) in [7, 11) is 3.61. The van der Waals surface area contributed by atoms with Crippen molar-refractivity contribution in [1.29, 1.82) is 5.26 Å². The van der Waals surface area contributed by atoms with E-state index < -0.39 is 0 Å². The first kappa shape index (κ1) is 25.9. The van der Waals surface area contributed by atoms with Gasteiger partial charge in [-0.15, -0.1) is 0 Å². The number of benzene rings is 1. The minimum Gasteiger partial charge on any atom is -0.496 e. The van der Waals surface area contributed by atoms with E-state index in [0.717, 1.165) is 72.1 Å². The van der Waals surface area contributed by atoms with E-state index >= 15 is 0 Å². The van der Waals surface area contributed by atoms with Crippen molar-refractivity contribution in [2.45, 2.75) is 13.5 Å². The van der Waals surface area contributed by atoms with Crippen LogP contribution in [0.25, 0.3) is 22.2 Å². The largest absolute Gasteiger partial charge is 0.496 e. The number of hydrogen-bond acceptors (Lipinski definition) is 7. The van der Waals surface area contributed by atoms with Crippen LogP contribution in [0.5, 0.6) is 5.75 Å². The predicted molar refractivity (Wildman–Crippen MR) is 153 cm³/mol. The van der Waals surface area contributed by atoms with Crippen LogP contribution in [0, 0.1) is 11.3 Å². The molecule has 0 saturated carbocycles. The molecule has 1 aromatic carbocycles. The summed E-state index contributed by atoms with van der Waals surface area (Å²) in [5.74, 6) is 1.76. The highest BCUT2D eigenvalue weighted by Crippen LogP contribution is 2.29. The first-order valence-electron chi connectivity index (χ1n) is 12.9. The summed E-state index contributed by atoms with van der Waals surface area (Å²) in [6, 6.07) is 12.5. The number of nitriles is 1. The standard InChI is InChI=1S/C30H32N8O/c1-22(27-15-24(26-18-33-35(3)19-26)21-38-30(27)25(16-31)17-34-38)9-10-29(32-2)37-13-11-36(12-14-37)20-23-7-5-6-8-28(23)39-4/h5-10,15,17-19,21H,2,11-14,20H2,1,3-4H3/b22-9+,29-10+. The third kappa shape index (κ3) is 5.47. The summed E-state index contributed by atoms with van der Waals surface area (Å²) in [6.07, 6.45) is 11.4. The number of fused-ring (bicyclic) bond motifs is 1. The molecule has 9 heteroatoms. The van der Waals surface area contributed by atoms with Crippen molar-refractivity contribution in [2.75, 3.05) is 33.3 Å². The van der Waals surface area contributed by atoms with E-state index in [2.05, 4.69) is 56.0 Å². The van der Waals surface area contributed by atoms with Crippen LogP contribution in [0.3, 0.4) is 0 Å². The maximum atomic E-state index is 9.70. The second-order valence-electron chi connectivity index (χ2n) is 9.62. The molecular formula is C30H32N8O. The highest BCUT2D eigenvalue weighted by molar-refractivity contribution is 5.84. The van der Waals surface area contributed by atoms with Gasteiger partial charge in [-0.25, -0.2) is 9.51 Å². The van der Waals surface area contributed by atoms with E-state index in [4.69, 9.17) is 4.74 Å². The van der Waals surface area contributed by atoms with Crippen LogP contribution in [-0.4, -0.2) is 69.2 Å². The quantitative estimate of drug-likeness (QED) is 0.253. The number of rotatable bonds is 8. The Morgan fingerprint density at radius 3 is 2.59 bits per heavy atom. The molecule has 9 nitrogen and oxygen atoms in total. The van der Waals surface area contributed by atoms with Crippen LogP contribution in [0.2, 0.25) is 0 Å². The SMILES string of the molecule is C=N/C(=C\C=C(/C)c1cc(-c2cnn(C)c2)cn2ncc(C#N)c12)N1CCN(Cc2ccccc2OC)CC1. The molecule has 0 spiro atoms. The van der Waals surface area contributed by atoms with Crippen molar-refractivity contribution in [3.63, 3.8) is 0 Å². The monoisotopic (exact) mass is 520 g/mol. The number of hydrogen-bond donors (Lipinski definition) is 0. The third-order valence-corrected chi connectivity index (χ3v) is 7.12. The van der Waals surface area contributed by atoms with E-state index in [1.54, 1.807) is 22.5 Å². The van der Waals surface area contributed by atoms with E-state index in [9.17, 15) is 5.26 Å². The molecule has 1 aliphatic heterocycles. The second kappa shape index (κ2) is 11.4. The number of aryl methyl sites for hydroxylation is 1. The molecule has 0 amide bonds. The van der Waals surface area contributed by atoms with Crippen LogP contribution in [0.15, 0.2) is 78.1 Å². The Morgan fingerprint density at radius 2 is 1.90 bits per heavy atom. The average molecular weight is 521 g/mol. The number of allylic oxidation sites excluding steroid dienone is 3. The lowest BCUT2D eigenvalue weighted by Gasteiger charge is -2.36. The van der Waals surface area contributed by atoms with Crippen molar-refractivity contribution in [3.05, 3.63) is 89.8 Å². The fraction of sp³-hybridized carbons (Fsp3) is 0.267. The molecule has 1 fully saturated rings. The summed E-state index contributed by atoms with van der Waals surface area (Å²) in [5.41, 5.74) is 6.41. The van der Waals surface area contributed by atoms with Gasteiger partial charge in [0.2, 0.25) is 0 Å². The molecule has 3 aromatic heterocycles. The molecule has 1 saturated heterocycles. The number of aliphatic imine (C=N–C) groups is 1. The average Bonchev–Trinajstić information content (AvgIpc) is 3.59. The van der Waals surface area contributed by atoms with Crippen molar-refractivity contribution in [1.82, 2.24) is 29.2 Å². The predicted octanol–water partition coefficient (Wildman–Crippen LogP) is 4.38. The molecule has 0 radical (unpaired) electrons. The fourth-order valence-electron chi connectivity index (χ4n) is 4.99. The first-order valence-corrected chi connectivity index (χ1v) is 12.9. The smallest absolute Gasteiger partial charge is 0.127 e. The van der Waals surface area contributed by atoms with Crippen LogP contribution in [0.1, 0.15) is 23.6 Å². The van der Waals surface area contributed by atoms with Gasteiger partial charge in [-0.1, -0.05) is 24.3 Å². The molecule has 4 aromatic rings. The maximum absolute atomic E-state index is 9.70. The first-order chi connectivity index (χ1) is 19.0. The van der Waals surface area contributed by atoms with Crippen molar-refractivity contribution in [2.24, 2.45) is 12.0 Å². The Labute approximate surface area is 228 Å². The van der Waals surface area contributed by atoms with Gasteiger partial charge < -0.3 is 9.64 Å². The van der Waals surface area contributed by atoms with Gasteiger partial charge in [0.1, 0.15) is 17.6 Å². The zero-order valence-electron chi connectivity index (χ0n) is 22.6. The molecule has 0 unspecified atom stereocenters. The Kier molecular flexibility index (Phi) is 7.57. The minimum atomic E-state index is 0.535. The molecule has 0 atom stereocenters. The Bertz CT molecular complexity index is 1590. The number of piperazine rings is 1. The molecule has 0 aliphatic carbocycles. The molecule has 1 aliphatic rings. The molecule has 0 bridgehead atoms. The minimum absolute atomic E-state index is 0.535. The topological polar surface area (TPSA) is 87.0 Å². The normalized spacial score (nSPS) is 15.0. The summed E-state index contributed by atoms with van der Waals surface area (Å²) in [5, 5.41) is 18.4. The lowest BCUT2D eigenvalue weighted by atomic mass is 10.0. The lowest BCUT2D eigenvalue weighted by molar-refractivity contribution is 0.151. The van der Waals surface area contributed by atoms with Crippen molar-refractivity contribution in [3.8, 4) is 22.9 Å². The Morgan fingerprint density at radius 1 is 1.10 bits per heavy atom. The van der Waals surface area contributed by atoms with E-state index in [0.29, 0.717) is 5.56 Å². The molecule has 5 rings (SSSR count). The number of ether oxygens (including phenoxy) is 1. The maximum Gasteiger partial charge on any atom is 0.127 e. The highest BCUT2D eigenvalue weighted by Gasteiger charge is 2.19. The summed E-state index contributed by atoms with van der Waals surface area (Å²) >= 11 is 0. The number of para-hydroxylation sites is 1. The lowest BCUT2D eigenvalue weighted by Crippen LogP contribution is -2.45. The van der Waals surface area contributed by atoms with E-state index in [-0.39, 0.29) is 0 Å². The molecule has 39 heavy (non-hydrogen) atoms. The highest BCUT2D eigenvalue weighted by atomic mass is 16.5. The van der Waals surface area contributed by atoms with Crippen LogP contribution in [0.4, 0.5) is 0 Å². The number of pyridine rings is 1. The van der Waals surface area contributed by atoms with Gasteiger partial charge in [-0.3, -0.25) is 9.58 Å². The number of aromatic nitrogens is 4. The van der Waals surface area contributed by atoms with E-state index in [1.807, 2.05) is 56.8 Å². The van der Waals surface area contributed by atoms with Gasteiger partial charge in [0, 0.05) is 74.4 Å². The second-order valence-corrected chi connectivity index (χ2v) is 9.62. The van der Waals surface area contributed by atoms with Gasteiger partial charge >= 0.3 is 0 Å². The molecule has 4 heterocycles. The number of methoxy groups -OCH3 is 1. The molecular weight excluding hydrogens is 488 g/mol. The van der Waals surface area contributed by atoms with Crippen molar-refractivity contribution < 1.29 is 4.74 Å². The third-order valence-electron chi connectivity index (χ3n) is 7.12. The van der Waals surface area contributed by atoms with Crippen LogP contribution in [-0.2, 0) is 13.6 Å². The van der Waals surface area contributed by atoms with Gasteiger partial charge in [0.25, 0.3) is 0 Å². The Hall–Kier alpha value is -4.68. The molecule has 0 N–H and O–H groups in total. The van der Waals surface area contributed by atoms with Crippen LogP contribution >= 0.6 is 0 Å². The van der Waals surface area contributed by atoms with Crippen molar-refractivity contribution >= 4 is 17.8 Å². The van der Waals surface area contributed by atoms with Gasteiger partial charge in [0.15, 0.2) is 0 Å². The van der Waals surface area contributed by atoms with Crippen LogP contribution < -0.4 is 4.74 Å². The molecule has 198 valence electrons. The zero-order valence-corrected chi connectivity index (χ0v) is 22.6. The summed E-state index contributed by atoms with van der Waals surface area (Å²) in [6.45, 7) is 10.3. The number of nitrogens with zero attached hydrogens (tertiary/aromatic N) is 8.